The van der Waals surface area contributed by atoms with Gasteiger partial charge in [0.2, 0.25) is 5.91 Å². The topological polar surface area (TPSA) is 46.3 Å². The fourth-order valence-electron chi connectivity index (χ4n) is 2.02. The fraction of sp³-hybridized carbons (Fsp3) is 0.933. The van der Waals surface area contributed by atoms with Gasteiger partial charge in [0.25, 0.3) is 0 Å². The molecule has 0 saturated carbocycles. The van der Waals surface area contributed by atoms with Crippen LogP contribution in [0.15, 0.2) is 0 Å². The highest BCUT2D eigenvalue weighted by Crippen LogP contribution is 2.11. The Morgan fingerprint density at radius 3 is 2.11 bits per heavy atom. The van der Waals surface area contributed by atoms with Gasteiger partial charge in [0.05, 0.1) is 0 Å². The van der Waals surface area contributed by atoms with E-state index in [1.165, 1.54) is 0 Å². The van der Waals surface area contributed by atoms with Crippen LogP contribution < -0.4 is 5.73 Å². The summed E-state index contributed by atoms with van der Waals surface area (Å²) >= 11 is 0. The molecule has 18 heavy (non-hydrogen) atoms. The van der Waals surface area contributed by atoms with Crippen LogP contribution in [0.1, 0.15) is 65.7 Å². The van der Waals surface area contributed by atoms with E-state index in [1.54, 1.807) is 0 Å². The highest BCUT2D eigenvalue weighted by molar-refractivity contribution is 5.76. The third-order valence-corrected chi connectivity index (χ3v) is 3.43. The minimum atomic E-state index is 0.334. The van der Waals surface area contributed by atoms with Gasteiger partial charge in [-0.2, -0.15) is 0 Å². The molecule has 3 heteroatoms. The first-order chi connectivity index (χ1) is 8.65. The maximum Gasteiger partial charge on any atom is 0.222 e. The number of nitrogens with zero attached hydrogens (tertiary/aromatic N) is 1. The molecule has 1 atom stereocenters. The molecule has 1 unspecified atom stereocenters. The van der Waals surface area contributed by atoms with Crippen LogP contribution >= 0.6 is 0 Å². The van der Waals surface area contributed by atoms with E-state index < -0.39 is 0 Å². The minimum Gasteiger partial charge on any atom is -0.343 e. The highest BCUT2D eigenvalue weighted by Gasteiger charge is 2.13. The first kappa shape index (κ1) is 17.4. The summed E-state index contributed by atoms with van der Waals surface area (Å²) in [6.07, 6.45) is 7.23. The molecule has 2 N–H and O–H groups in total. The van der Waals surface area contributed by atoms with Crippen molar-refractivity contribution in [2.75, 3.05) is 19.6 Å². The zero-order valence-corrected chi connectivity index (χ0v) is 12.6. The standard InChI is InChI=1S/C15H32N2O/c1-4-6-12-17(13-7-5-2)15(18)9-8-14(3)10-11-16/h14H,4-13,16H2,1-3H3. The van der Waals surface area contributed by atoms with Crippen LogP contribution in [-0.2, 0) is 4.79 Å². The summed E-state index contributed by atoms with van der Waals surface area (Å²) in [6, 6.07) is 0. The molecule has 0 aliphatic heterocycles. The van der Waals surface area contributed by atoms with Crippen molar-refractivity contribution in [1.82, 2.24) is 4.90 Å². The van der Waals surface area contributed by atoms with Gasteiger partial charge in [-0.05, 0) is 38.1 Å². The van der Waals surface area contributed by atoms with Crippen LogP contribution in [0, 0.1) is 5.92 Å². The number of hydrogen-bond donors (Lipinski definition) is 1. The van der Waals surface area contributed by atoms with E-state index in [0.717, 1.165) is 58.2 Å². The van der Waals surface area contributed by atoms with Gasteiger partial charge in [0.15, 0.2) is 0 Å². The van der Waals surface area contributed by atoms with Gasteiger partial charge in [0.1, 0.15) is 0 Å². The molecule has 0 bridgehead atoms. The molecule has 0 aromatic rings. The van der Waals surface area contributed by atoms with E-state index in [1.807, 2.05) is 0 Å². The van der Waals surface area contributed by atoms with Crippen molar-refractivity contribution in [3.05, 3.63) is 0 Å². The number of unbranched alkanes of at least 4 members (excludes halogenated alkanes) is 2. The zero-order chi connectivity index (χ0) is 13.8. The Morgan fingerprint density at radius 1 is 1.11 bits per heavy atom. The molecule has 0 spiro atoms. The summed E-state index contributed by atoms with van der Waals surface area (Å²) in [4.78, 5) is 14.2. The maximum absolute atomic E-state index is 12.2. The molecule has 1 amide bonds. The van der Waals surface area contributed by atoms with Crippen molar-refractivity contribution in [2.24, 2.45) is 11.7 Å². The van der Waals surface area contributed by atoms with Crippen LogP contribution in [0.25, 0.3) is 0 Å². The van der Waals surface area contributed by atoms with Crippen molar-refractivity contribution in [2.45, 2.75) is 65.7 Å². The normalized spacial score (nSPS) is 12.4. The lowest BCUT2D eigenvalue weighted by atomic mass is 10.0. The van der Waals surface area contributed by atoms with E-state index in [9.17, 15) is 4.79 Å². The second kappa shape index (κ2) is 11.5. The monoisotopic (exact) mass is 256 g/mol. The lowest BCUT2D eigenvalue weighted by Crippen LogP contribution is -2.33. The molecule has 3 nitrogen and oxygen atoms in total. The number of carbonyl (C=O) groups is 1. The average Bonchev–Trinajstić information content (AvgIpc) is 2.36. The van der Waals surface area contributed by atoms with E-state index in [2.05, 4.69) is 25.7 Å². The van der Waals surface area contributed by atoms with Crippen LogP contribution in [0.2, 0.25) is 0 Å². The molecule has 0 fully saturated rings. The van der Waals surface area contributed by atoms with Crippen molar-refractivity contribution in [1.29, 1.82) is 0 Å². The molecule has 0 radical (unpaired) electrons. The van der Waals surface area contributed by atoms with Gasteiger partial charge in [-0.15, -0.1) is 0 Å². The van der Waals surface area contributed by atoms with Crippen LogP contribution in [0.5, 0.6) is 0 Å². The van der Waals surface area contributed by atoms with Gasteiger partial charge in [0, 0.05) is 19.5 Å². The third-order valence-electron chi connectivity index (χ3n) is 3.43. The minimum absolute atomic E-state index is 0.334. The summed E-state index contributed by atoms with van der Waals surface area (Å²) < 4.78 is 0. The molecule has 0 aromatic heterocycles. The molecule has 0 rings (SSSR count). The quantitative estimate of drug-likeness (QED) is 0.617. The van der Waals surface area contributed by atoms with E-state index >= 15 is 0 Å². The number of carbonyl (C=O) groups excluding carboxylic acids is 1. The lowest BCUT2D eigenvalue weighted by molar-refractivity contribution is -0.131. The second-order valence-electron chi connectivity index (χ2n) is 5.31. The predicted molar refractivity (Wildman–Crippen MR) is 78.5 cm³/mol. The number of hydrogen-bond acceptors (Lipinski definition) is 2. The zero-order valence-electron chi connectivity index (χ0n) is 12.6. The van der Waals surface area contributed by atoms with E-state index in [4.69, 9.17) is 5.73 Å². The molecule has 0 aliphatic carbocycles. The number of nitrogens with two attached hydrogens (primary N) is 1. The first-order valence-electron chi connectivity index (χ1n) is 7.63. The summed E-state index contributed by atoms with van der Waals surface area (Å²) in [5.74, 6) is 0.902. The molecule has 108 valence electrons. The average molecular weight is 256 g/mol. The molecular formula is C15H32N2O. The fourth-order valence-corrected chi connectivity index (χ4v) is 2.02. The van der Waals surface area contributed by atoms with Gasteiger partial charge in [-0.3, -0.25) is 4.79 Å². The maximum atomic E-state index is 12.2. The van der Waals surface area contributed by atoms with E-state index in [-0.39, 0.29) is 0 Å². The first-order valence-corrected chi connectivity index (χ1v) is 7.63. The van der Waals surface area contributed by atoms with Crippen molar-refractivity contribution >= 4 is 5.91 Å². The Kier molecular flexibility index (Phi) is 11.2. The summed E-state index contributed by atoms with van der Waals surface area (Å²) in [5.41, 5.74) is 5.53. The largest absolute Gasteiger partial charge is 0.343 e. The summed E-state index contributed by atoms with van der Waals surface area (Å²) in [7, 11) is 0. The van der Waals surface area contributed by atoms with Crippen LogP contribution in [0.3, 0.4) is 0 Å². The van der Waals surface area contributed by atoms with Crippen molar-refractivity contribution < 1.29 is 4.79 Å². The van der Waals surface area contributed by atoms with Crippen LogP contribution in [0.4, 0.5) is 0 Å². The number of amides is 1. The number of rotatable bonds is 11. The third kappa shape index (κ3) is 8.51. The predicted octanol–water partition coefficient (Wildman–Crippen LogP) is 3.18. The van der Waals surface area contributed by atoms with Crippen LogP contribution in [-0.4, -0.2) is 30.4 Å². The van der Waals surface area contributed by atoms with Gasteiger partial charge in [-0.25, -0.2) is 0 Å². The van der Waals surface area contributed by atoms with E-state index in [0.29, 0.717) is 18.2 Å². The molecule has 0 aliphatic rings. The Hall–Kier alpha value is -0.570. The Bertz CT molecular complexity index is 199. The van der Waals surface area contributed by atoms with Gasteiger partial charge in [-0.1, -0.05) is 33.6 Å². The second-order valence-corrected chi connectivity index (χ2v) is 5.31. The van der Waals surface area contributed by atoms with Crippen molar-refractivity contribution in [3.8, 4) is 0 Å². The molecule has 0 aromatic carbocycles. The summed E-state index contributed by atoms with van der Waals surface area (Å²) in [6.45, 7) is 9.12. The SMILES string of the molecule is CCCCN(CCCC)C(=O)CCC(C)CCN. The highest BCUT2D eigenvalue weighted by atomic mass is 16.2. The Balaban J connectivity index is 4.02. The van der Waals surface area contributed by atoms with Crippen molar-refractivity contribution in [3.63, 3.8) is 0 Å². The molecule has 0 heterocycles. The molecule has 0 saturated heterocycles. The van der Waals surface area contributed by atoms with Gasteiger partial charge >= 0.3 is 0 Å². The molecular weight excluding hydrogens is 224 g/mol. The van der Waals surface area contributed by atoms with Gasteiger partial charge < -0.3 is 10.6 Å². The smallest absolute Gasteiger partial charge is 0.222 e. The Labute approximate surface area is 113 Å². The lowest BCUT2D eigenvalue weighted by Gasteiger charge is -2.23. The summed E-state index contributed by atoms with van der Waals surface area (Å²) in [5, 5.41) is 0. The Morgan fingerprint density at radius 2 is 1.67 bits per heavy atom.